The van der Waals surface area contributed by atoms with Crippen LogP contribution in [0.3, 0.4) is 0 Å². The van der Waals surface area contributed by atoms with Crippen LogP contribution in [-0.2, 0) is 6.42 Å². The van der Waals surface area contributed by atoms with Crippen LogP contribution in [0.2, 0.25) is 0 Å². The van der Waals surface area contributed by atoms with Crippen molar-refractivity contribution in [3.8, 4) is 0 Å². The predicted octanol–water partition coefficient (Wildman–Crippen LogP) is 2.68. The third-order valence-corrected chi connectivity index (χ3v) is 3.06. The van der Waals surface area contributed by atoms with Gasteiger partial charge in [-0.05, 0) is 50.1 Å². The van der Waals surface area contributed by atoms with Crippen LogP contribution in [-0.4, -0.2) is 17.0 Å². The summed E-state index contributed by atoms with van der Waals surface area (Å²) < 4.78 is 0. The van der Waals surface area contributed by atoms with Crippen molar-refractivity contribution in [1.82, 2.24) is 15.3 Å². The minimum atomic E-state index is 0.333. The lowest BCUT2D eigenvalue weighted by atomic mass is 10.0. The fraction of sp³-hybridized carbons (Fsp3) is 0.333. The van der Waals surface area contributed by atoms with Gasteiger partial charge in [0, 0.05) is 30.3 Å². The molecule has 0 saturated heterocycles. The minimum Gasteiger partial charge on any atom is -0.313 e. The molecule has 1 atom stereocenters. The highest BCUT2D eigenvalue weighted by molar-refractivity contribution is 5.20. The first-order valence-corrected chi connectivity index (χ1v) is 6.28. The van der Waals surface area contributed by atoms with E-state index in [-0.39, 0.29) is 0 Å². The summed E-state index contributed by atoms with van der Waals surface area (Å²) in [4.78, 5) is 8.61. The lowest BCUT2D eigenvalue weighted by Gasteiger charge is -2.16. The van der Waals surface area contributed by atoms with Crippen molar-refractivity contribution in [3.63, 3.8) is 0 Å². The van der Waals surface area contributed by atoms with E-state index in [1.165, 1.54) is 11.1 Å². The summed E-state index contributed by atoms with van der Waals surface area (Å²) in [6.45, 7) is 2.07. The molecule has 0 aliphatic heterocycles. The van der Waals surface area contributed by atoms with Crippen molar-refractivity contribution in [2.24, 2.45) is 0 Å². The zero-order chi connectivity index (χ0) is 12.8. The second-order valence-electron chi connectivity index (χ2n) is 4.50. The van der Waals surface area contributed by atoms with Gasteiger partial charge in [-0.25, -0.2) is 0 Å². The molecular weight excluding hydrogens is 222 g/mol. The molecule has 2 rings (SSSR count). The number of rotatable bonds is 5. The number of hydrogen-bond acceptors (Lipinski definition) is 3. The van der Waals surface area contributed by atoms with Gasteiger partial charge in [-0.2, -0.15) is 0 Å². The number of hydrogen-bond donors (Lipinski definition) is 1. The summed E-state index contributed by atoms with van der Waals surface area (Å²) in [5, 5.41) is 3.35. The van der Waals surface area contributed by atoms with Gasteiger partial charge in [-0.15, -0.1) is 0 Å². The van der Waals surface area contributed by atoms with Crippen molar-refractivity contribution in [2.45, 2.75) is 25.8 Å². The van der Waals surface area contributed by atoms with Crippen LogP contribution in [0.4, 0.5) is 0 Å². The van der Waals surface area contributed by atoms with E-state index < -0.39 is 0 Å². The molecule has 0 fully saturated rings. The molecule has 0 spiro atoms. The van der Waals surface area contributed by atoms with Gasteiger partial charge in [-0.3, -0.25) is 9.97 Å². The van der Waals surface area contributed by atoms with Gasteiger partial charge in [0.1, 0.15) is 0 Å². The highest BCUT2D eigenvalue weighted by atomic mass is 14.9. The Morgan fingerprint density at radius 2 is 2.17 bits per heavy atom. The molecule has 0 aliphatic rings. The largest absolute Gasteiger partial charge is 0.313 e. The van der Waals surface area contributed by atoms with Crippen LogP contribution < -0.4 is 5.32 Å². The van der Waals surface area contributed by atoms with Crippen LogP contribution in [0.25, 0.3) is 0 Å². The van der Waals surface area contributed by atoms with Gasteiger partial charge in [0.25, 0.3) is 0 Å². The van der Waals surface area contributed by atoms with E-state index in [9.17, 15) is 0 Å². The number of pyridine rings is 2. The van der Waals surface area contributed by atoms with E-state index in [2.05, 4.69) is 34.3 Å². The van der Waals surface area contributed by atoms with Crippen molar-refractivity contribution in [1.29, 1.82) is 0 Å². The molecule has 94 valence electrons. The van der Waals surface area contributed by atoms with E-state index in [0.29, 0.717) is 6.04 Å². The third kappa shape index (κ3) is 3.37. The Bertz CT molecular complexity index is 482. The predicted molar refractivity (Wildman–Crippen MR) is 73.3 cm³/mol. The van der Waals surface area contributed by atoms with Crippen LogP contribution in [0.1, 0.15) is 29.3 Å². The van der Waals surface area contributed by atoms with Gasteiger partial charge in [0.05, 0.1) is 0 Å². The molecule has 0 radical (unpaired) electrons. The molecule has 1 N–H and O–H groups in total. The number of nitrogens with zero attached hydrogens (tertiary/aromatic N) is 2. The summed E-state index contributed by atoms with van der Waals surface area (Å²) in [5.41, 5.74) is 3.58. The lowest BCUT2D eigenvalue weighted by molar-refractivity contribution is 0.544. The van der Waals surface area contributed by atoms with Crippen molar-refractivity contribution in [3.05, 3.63) is 59.7 Å². The Kier molecular flexibility index (Phi) is 4.42. The first-order valence-electron chi connectivity index (χ1n) is 6.28. The zero-order valence-corrected chi connectivity index (χ0v) is 10.9. The van der Waals surface area contributed by atoms with Gasteiger partial charge < -0.3 is 5.32 Å². The highest BCUT2D eigenvalue weighted by Crippen LogP contribution is 2.18. The molecule has 2 aromatic rings. The third-order valence-electron chi connectivity index (χ3n) is 3.06. The van der Waals surface area contributed by atoms with Crippen molar-refractivity contribution in [2.75, 3.05) is 7.05 Å². The first kappa shape index (κ1) is 12.7. The SMILES string of the molecule is CNC(CCc1ccccn1)c1cncc(C)c1. The van der Waals surface area contributed by atoms with Gasteiger partial charge in [0.15, 0.2) is 0 Å². The topological polar surface area (TPSA) is 37.8 Å². The smallest absolute Gasteiger partial charge is 0.0404 e. The zero-order valence-electron chi connectivity index (χ0n) is 10.9. The quantitative estimate of drug-likeness (QED) is 0.874. The Morgan fingerprint density at radius 1 is 1.28 bits per heavy atom. The molecule has 2 heterocycles. The maximum absolute atomic E-state index is 4.35. The molecule has 0 aromatic carbocycles. The Morgan fingerprint density at radius 3 is 2.83 bits per heavy atom. The maximum atomic E-state index is 4.35. The average Bonchev–Trinajstić information content (AvgIpc) is 2.41. The molecule has 0 amide bonds. The van der Waals surface area contributed by atoms with E-state index in [4.69, 9.17) is 0 Å². The lowest BCUT2D eigenvalue weighted by Crippen LogP contribution is -2.17. The Hall–Kier alpha value is -1.74. The molecule has 18 heavy (non-hydrogen) atoms. The van der Waals surface area contributed by atoms with Crippen LogP contribution in [0.15, 0.2) is 42.9 Å². The van der Waals surface area contributed by atoms with E-state index in [1.54, 1.807) is 0 Å². The Balaban J connectivity index is 2.02. The van der Waals surface area contributed by atoms with Crippen molar-refractivity contribution < 1.29 is 0 Å². The number of nitrogens with one attached hydrogen (secondary N) is 1. The number of aryl methyl sites for hydroxylation is 2. The molecule has 0 bridgehead atoms. The molecule has 0 saturated carbocycles. The normalized spacial score (nSPS) is 12.3. The van der Waals surface area contributed by atoms with E-state index in [1.807, 2.05) is 37.8 Å². The summed E-state index contributed by atoms with van der Waals surface area (Å²) >= 11 is 0. The molecule has 1 unspecified atom stereocenters. The van der Waals surface area contributed by atoms with E-state index in [0.717, 1.165) is 18.5 Å². The highest BCUT2D eigenvalue weighted by Gasteiger charge is 2.10. The Labute approximate surface area is 108 Å². The minimum absolute atomic E-state index is 0.333. The van der Waals surface area contributed by atoms with Crippen LogP contribution in [0.5, 0.6) is 0 Å². The molecule has 3 nitrogen and oxygen atoms in total. The van der Waals surface area contributed by atoms with Crippen LogP contribution >= 0.6 is 0 Å². The maximum Gasteiger partial charge on any atom is 0.0404 e. The second kappa shape index (κ2) is 6.26. The summed E-state index contributed by atoms with van der Waals surface area (Å²) in [6, 6.07) is 8.57. The molecule has 3 heteroatoms. The average molecular weight is 241 g/mol. The van der Waals surface area contributed by atoms with Gasteiger partial charge in [-0.1, -0.05) is 12.1 Å². The summed E-state index contributed by atoms with van der Waals surface area (Å²) in [7, 11) is 1.99. The van der Waals surface area contributed by atoms with Gasteiger partial charge >= 0.3 is 0 Å². The fourth-order valence-corrected chi connectivity index (χ4v) is 2.08. The van der Waals surface area contributed by atoms with E-state index >= 15 is 0 Å². The summed E-state index contributed by atoms with van der Waals surface area (Å²) in [5.74, 6) is 0. The first-order chi connectivity index (χ1) is 8.79. The standard InChI is InChI=1S/C15H19N3/c1-12-9-13(11-17-10-12)15(16-2)7-6-14-5-3-4-8-18-14/h3-5,8-11,15-16H,6-7H2,1-2H3. The summed E-state index contributed by atoms with van der Waals surface area (Å²) in [6.07, 6.45) is 7.67. The molecule has 0 aliphatic carbocycles. The monoisotopic (exact) mass is 241 g/mol. The molecule has 2 aromatic heterocycles. The number of aromatic nitrogens is 2. The molecular formula is C15H19N3. The van der Waals surface area contributed by atoms with Crippen LogP contribution in [0, 0.1) is 6.92 Å². The second-order valence-corrected chi connectivity index (χ2v) is 4.50. The fourth-order valence-electron chi connectivity index (χ4n) is 2.08. The van der Waals surface area contributed by atoms with Gasteiger partial charge in [0.2, 0.25) is 0 Å². The van der Waals surface area contributed by atoms with Crippen molar-refractivity contribution >= 4 is 0 Å².